The van der Waals surface area contributed by atoms with E-state index in [2.05, 4.69) is 31.0 Å². The average Bonchev–Trinajstić information content (AvgIpc) is 2.69. The fraction of sp³-hybridized carbons (Fsp3) is 1.00. The monoisotopic (exact) mass is 196 g/mol. The van der Waals surface area contributed by atoms with Gasteiger partial charge in [0.05, 0.1) is 0 Å². The van der Waals surface area contributed by atoms with Crippen LogP contribution >= 0.6 is 0 Å². The molecular formula is C12H24N2. The van der Waals surface area contributed by atoms with Gasteiger partial charge in [-0.15, -0.1) is 0 Å². The maximum absolute atomic E-state index is 3.52. The van der Waals surface area contributed by atoms with Gasteiger partial charge in [-0.2, -0.15) is 0 Å². The van der Waals surface area contributed by atoms with Crippen molar-refractivity contribution in [3.05, 3.63) is 0 Å². The Morgan fingerprint density at radius 2 is 2.21 bits per heavy atom. The van der Waals surface area contributed by atoms with Crippen LogP contribution in [0.25, 0.3) is 0 Å². The molecule has 2 aliphatic heterocycles. The normalized spacial score (nSPS) is 40.1. The van der Waals surface area contributed by atoms with Crippen LogP contribution in [0.3, 0.4) is 0 Å². The van der Waals surface area contributed by atoms with Gasteiger partial charge in [-0.3, -0.25) is 4.90 Å². The predicted octanol–water partition coefficient (Wildman–Crippen LogP) is 1.71. The molecule has 2 heteroatoms. The van der Waals surface area contributed by atoms with Crippen molar-refractivity contribution in [1.82, 2.24) is 10.2 Å². The summed E-state index contributed by atoms with van der Waals surface area (Å²) in [6, 6.07) is 1.59. The standard InChI is InChI=1S/C12H24N2/c1-4-5-9(2)14-8-11-6-13-7-12(11)10(14)3/h9-13H,4-8H2,1-3H3. The molecule has 14 heavy (non-hydrogen) atoms. The lowest BCUT2D eigenvalue weighted by molar-refractivity contribution is 0.172. The van der Waals surface area contributed by atoms with E-state index in [1.54, 1.807) is 0 Å². The van der Waals surface area contributed by atoms with Crippen LogP contribution in [0.5, 0.6) is 0 Å². The topological polar surface area (TPSA) is 15.3 Å². The summed E-state index contributed by atoms with van der Waals surface area (Å²) >= 11 is 0. The minimum Gasteiger partial charge on any atom is -0.316 e. The molecule has 0 bridgehead atoms. The molecule has 2 saturated heterocycles. The van der Waals surface area contributed by atoms with Crippen LogP contribution in [0, 0.1) is 11.8 Å². The highest BCUT2D eigenvalue weighted by Crippen LogP contribution is 2.34. The zero-order valence-electron chi connectivity index (χ0n) is 9.79. The smallest absolute Gasteiger partial charge is 0.0114 e. The minimum absolute atomic E-state index is 0.792. The number of fused-ring (bicyclic) bond motifs is 1. The first-order chi connectivity index (χ1) is 6.74. The van der Waals surface area contributed by atoms with Crippen LogP contribution < -0.4 is 5.32 Å². The molecule has 4 unspecified atom stereocenters. The van der Waals surface area contributed by atoms with E-state index < -0.39 is 0 Å². The Morgan fingerprint density at radius 1 is 1.43 bits per heavy atom. The summed E-state index contributed by atoms with van der Waals surface area (Å²) in [6.45, 7) is 10.9. The molecule has 2 rings (SSSR count). The van der Waals surface area contributed by atoms with Crippen molar-refractivity contribution in [2.24, 2.45) is 11.8 Å². The average molecular weight is 196 g/mol. The molecule has 82 valence electrons. The summed E-state index contributed by atoms with van der Waals surface area (Å²) in [5, 5.41) is 3.52. The van der Waals surface area contributed by atoms with Crippen molar-refractivity contribution in [2.45, 2.75) is 45.7 Å². The first kappa shape index (κ1) is 10.4. The van der Waals surface area contributed by atoms with Crippen molar-refractivity contribution in [2.75, 3.05) is 19.6 Å². The van der Waals surface area contributed by atoms with E-state index in [-0.39, 0.29) is 0 Å². The fourth-order valence-corrected chi connectivity index (χ4v) is 3.37. The van der Waals surface area contributed by atoms with Crippen LogP contribution in [-0.2, 0) is 0 Å². The summed E-state index contributed by atoms with van der Waals surface area (Å²) in [6.07, 6.45) is 2.68. The minimum atomic E-state index is 0.792. The van der Waals surface area contributed by atoms with Gasteiger partial charge in [-0.1, -0.05) is 13.3 Å². The van der Waals surface area contributed by atoms with Gasteiger partial charge in [0.25, 0.3) is 0 Å². The highest BCUT2D eigenvalue weighted by molar-refractivity contribution is 4.97. The molecule has 0 radical (unpaired) electrons. The van der Waals surface area contributed by atoms with E-state index in [0.29, 0.717) is 0 Å². The Bertz CT molecular complexity index is 193. The van der Waals surface area contributed by atoms with Crippen molar-refractivity contribution in [3.63, 3.8) is 0 Å². The molecule has 0 spiro atoms. The van der Waals surface area contributed by atoms with E-state index in [1.807, 2.05) is 0 Å². The van der Waals surface area contributed by atoms with Gasteiger partial charge in [0, 0.05) is 18.6 Å². The Hall–Kier alpha value is -0.0800. The molecule has 0 aromatic heterocycles. The van der Waals surface area contributed by atoms with Crippen LogP contribution in [-0.4, -0.2) is 36.6 Å². The van der Waals surface area contributed by atoms with Gasteiger partial charge in [0.2, 0.25) is 0 Å². The predicted molar refractivity (Wildman–Crippen MR) is 60.4 cm³/mol. The van der Waals surface area contributed by atoms with Crippen LogP contribution in [0.15, 0.2) is 0 Å². The Kier molecular flexibility index (Phi) is 3.13. The van der Waals surface area contributed by atoms with E-state index >= 15 is 0 Å². The fourth-order valence-electron chi connectivity index (χ4n) is 3.37. The van der Waals surface area contributed by atoms with E-state index in [9.17, 15) is 0 Å². The highest BCUT2D eigenvalue weighted by atomic mass is 15.2. The maximum Gasteiger partial charge on any atom is 0.0114 e. The third kappa shape index (κ3) is 1.70. The molecule has 2 fully saturated rings. The second-order valence-corrected chi connectivity index (χ2v) is 5.16. The second kappa shape index (κ2) is 4.19. The lowest BCUT2D eigenvalue weighted by Crippen LogP contribution is -2.39. The lowest BCUT2D eigenvalue weighted by atomic mass is 9.95. The van der Waals surface area contributed by atoms with Crippen molar-refractivity contribution in [1.29, 1.82) is 0 Å². The third-order valence-electron chi connectivity index (χ3n) is 4.25. The molecule has 2 aliphatic rings. The zero-order valence-corrected chi connectivity index (χ0v) is 9.79. The first-order valence-electron chi connectivity index (χ1n) is 6.20. The number of likely N-dealkylation sites (tertiary alicyclic amines) is 1. The summed E-state index contributed by atoms with van der Waals surface area (Å²) in [7, 11) is 0. The SMILES string of the molecule is CCCC(C)N1CC2CNCC2C1C. The molecule has 0 saturated carbocycles. The lowest BCUT2D eigenvalue weighted by Gasteiger charge is -2.30. The van der Waals surface area contributed by atoms with Gasteiger partial charge in [-0.25, -0.2) is 0 Å². The largest absolute Gasteiger partial charge is 0.316 e. The Morgan fingerprint density at radius 3 is 2.86 bits per heavy atom. The maximum atomic E-state index is 3.52. The number of hydrogen-bond donors (Lipinski definition) is 1. The summed E-state index contributed by atoms with van der Waals surface area (Å²) < 4.78 is 0. The number of nitrogens with one attached hydrogen (secondary N) is 1. The number of rotatable bonds is 3. The Balaban J connectivity index is 1.95. The van der Waals surface area contributed by atoms with Crippen LogP contribution in [0.4, 0.5) is 0 Å². The second-order valence-electron chi connectivity index (χ2n) is 5.16. The molecule has 4 atom stereocenters. The third-order valence-corrected chi connectivity index (χ3v) is 4.25. The zero-order chi connectivity index (χ0) is 10.1. The van der Waals surface area contributed by atoms with E-state index in [0.717, 1.165) is 23.9 Å². The van der Waals surface area contributed by atoms with Crippen LogP contribution in [0.2, 0.25) is 0 Å². The molecule has 0 aliphatic carbocycles. The first-order valence-corrected chi connectivity index (χ1v) is 6.20. The summed E-state index contributed by atoms with van der Waals surface area (Å²) in [4.78, 5) is 2.74. The van der Waals surface area contributed by atoms with E-state index in [4.69, 9.17) is 0 Å². The van der Waals surface area contributed by atoms with Gasteiger partial charge in [0.1, 0.15) is 0 Å². The van der Waals surface area contributed by atoms with Gasteiger partial charge >= 0.3 is 0 Å². The highest BCUT2D eigenvalue weighted by Gasteiger charge is 2.42. The number of hydrogen-bond acceptors (Lipinski definition) is 2. The van der Waals surface area contributed by atoms with Crippen LogP contribution in [0.1, 0.15) is 33.6 Å². The molecule has 0 aromatic carbocycles. The number of nitrogens with zero attached hydrogens (tertiary/aromatic N) is 1. The van der Waals surface area contributed by atoms with E-state index in [1.165, 1.54) is 32.5 Å². The molecule has 2 heterocycles. The molecule has 0 aromatic rings. The quantitative estimate of drug-likeness (QED) is 0.739. The van der Waals surface area contributed by atoms with Gasteiger partial charge < -0.3 is 5.32 Å². The van der Waals surface area contributed by atoms with Crippen molar-refractivity contribution < 1.29 is 0 Å². The van der Waals surface area contributed by atoms with Crippen molar-refractivity contribution >= 4 is 0 Å². The molecule has 2 nitrogen and oxygen atoms in total. The molecule has 0 amide bonds. The van der Waals surface area contributed by atoms with Crippen molar-refractivity contribution in [3.8, 4) is 0 Å². The summed E-state index contributed by atoms with van der Waals surface area (Å²) in [5.74, 6) is 1.86. The van der Waals surface area contributed by atoms with Gasteiger partial charge in [0.15, 0.2) is 0 Å². The Labute approximate surface area is 88.1 Å². The van der Waals surface area contributed by atoms with Gasteiger partial charge in [-0.05, 0) is 45.2 Å². The molecule has 1 N–H and O–H groups in total. The molecular weight excluding hydrogens is 172 g/mol. The summed E-state index contributed by atoms with van der Waals surface area (Å²) in [5.41, 5.74) is 0.